The van der Waals surface area contributed by atoms with Gasteiger partial charge in [-0.3, -0.25) is 0 Å². The molecule has 6 heteroatoms. The van der Waals surface area contributed by atoms with Gasteiger partial charge in [-0.05, 0) is 17.7 Å². The summed E-state index contributed by atoms with van der Waals surface area (Å²) in [5.74, 6) is -4.43. The lowest BCUT2D eigenvalue weighted by Crippen LogP contribution is -1.98. The van der Waals surface area contributed by atoms with Crippen LogP contribution in [0.4, 0.5) is 13.2 Å². The van der Waals surface area contributed by atoms with E-state index in [9.17, 15) is 13.2 Å². The van der Waals surface area contributed by atoms with Gasteiger partial charge in [0, 0.05) is 6.07 Å². The summed E-state index contributed by atoms with van der Waals surface area (Å²) in [4.78, 5) is 3.02. The lowest BCUT2D eigenvalue weighted by Gasteiger charge is -2.07. The number of aliphatic hydroxyl groups is 1. The molecule has 2 rings (SSSR count). The van der Waals surface area contributed by atoms with Crippen LogP contribution in [0.5, 0.6) is 11.6 Å². The maximum absolute atomic E-state index is 13.3. The van der Waals surface area contributed by atoms with Crippen molar-refractivity contribution in [1.29, 1.82) is 0 Å². The van der Waals surface area contributed by atoms with E-state index in [2.05, 4.69) is 4.98 Å². The molecule has 0 atom stereocenters. The molecule has 3 nitrogen and oxygen atoms in total. The van der Waals surface area contributed by atoms with Gasteiger partial charge in [-0.25, -0.2) is 8.78 Å². The van der Waals surface area contributed by atoms with Crippen LogP contribution in [-0.2, 0) is 6.61 Å². The van der Waals surface area contributed by atoms with Crippen LogP contribution in [0.1, 0.15) is 5.56 Å². The third-order valence-electron chi connectivity index (χ3n) is 2.15. The van der Waals surface area contributed by atoms with E-state index < -0.39 is 23.5 Å². The molecular weight excluding hydrogens is 247 g/mol. The number of benzene rings is 1. The summed E-state index contributed by atoms with van der Waals surface area (Å²) in [6, 6.07) is 6.46. The van der Waals surface area contributed by atoms with Crippen molar-refractivity contribution in [3.63, 3.8) is 0 Å². The van der Waals surface area contributed by atoms with Gasteiger partial charge >= 0.3 is 0 Å². The second-order valence-corrected chi connectivity index (χ2v) is 3.46. The number of aromatic nitrogens is 1. The van der Waals surface area contributed by atoms with Gasteiger partial charge in [0.2, 0.25) is 0 Å². The van der Waals surface area contributed by atoms with Crippen LogP contribution in [-0.4, -0.2) is 10.1 Å². The third-order valence-corrected chi connectivity index (χ3v) is 2.15. The Morgan fingerprint density at radius 2 is 1.89 bits per heavy atom. The van der Waals surface area contributed by atoms with Crippen LogP contribution in [0.2, 0.25) is 0 Å². The Morgan fingerprint density at radius 3 is 2.61 bits per heavy atom. The number of halogens is 3. The minimum atomic E-state index is -1.44. The summed E-state index contributed by atoms with van der Waals surface area (Å²) in [6.45, 7) is -0.217. The van der Waals surface area contributed by atoms with Crippen molar-refractivity contribution in [1.82, 2.24) is 4.98 Å². The first kappa shape index (κ1) is 12.4. The predicted octanol–water partition coefficient (Wildman–Crippen LogP) is 2.78. The normalized spacial score (nSPS) is 10.4. The molecule has 1 aromatic carbocycles. The smallest absolute Gasteiger partial charge is 0.258 e. The molecule has 0 spiro atoms. The molecular formula is C12H8F3NO2. The highest BCUT2D eigenvalue weighted by atomic mass is 19.2. The first-order valence-electron chi connectivity index (χ1n) is 4.99. The van der Waals surface area contributed by atoms with E-state index in [1.807, 2.05) is 0 Å². The molecule has 2 aromatic rings. The van der Waals surface area contributed by atoms with Crippen molar-refractivity contribution >= 4 is 0 Å². The fourth-order valence-electron chi connectivity index (χ4n) is 1.32. The molecule has 0 amide bonds. The Morgan fingerprint density at radius 1 is 1.11 bits per heavy atom. The summed E-state index contributed by atoms with van der Waals surface area (Å²) >= 11 is 0. The molecule has 0 aliphatic rings. The average Bonchev–Trinajstić information content (AvgIpc) is 2.36. The van der Waals surface area contributed by atoms with Crippen LogP contribution in [0.3, 0.4) is 0 Å². The topological polar surface area (TPSA) is 42.4 Å². The van der Waals surface area contributed by atoms with Crippen molar-refractivity contribution < 1.29 is 23.0 Å². The Labute approximate surface area is 100 Å². The van der Waals surface area contributed by atoms with Crippen LogP contribution >= 0.6 is 0 Å². The zero-order valence-corrected chi connectivity index (χ0v) is 9.03. The van der Waals surface area contributed by atoms with Gasteiger partial charge < -0.3 is 9.84 Å². The predicted molar refractivity (Wildman–Crippen MR) is 56.5 cm³/mol. The molecule has 1 N–H and O–H groups in total. The standard InChI is InChI=1S/C12H8F3NO2/c13-9-5-10(14)12(16-11(9)15)18-8-3-1-2-7(4-8)6-17/h1-5,17H,6H2. The van der Waals surface area contributed by atoms with Gasteiger partial charge in [-0.2, -0.15) is 9.37 Å². The van der Waals surface area contributed by atoms with E-state index >= 15 is 0 Å². The Kier molecular flexibility index (Phi) is 3.47. The molecule has 0 bridgehead atoms. The van der Waals surface area contributed by atoms with Crippen molar-refractivity contribution in [2.24, 2.45) is 0 Å². The molecule has 0 saturated heterocycles. The van der Waals surface area contributed by atoms with E-state index in [0.29, 0.717) is 11.6 Å². The molecule has 0 aliphatic carbocycles. The zero-order chi connectivity index (χ0) is 13.1. The molecule has 0 radical (unpaired) electrons. The van der Waals surface area contributed by atoms with E-state index in [4.69, 9.17) is 9.84 Å². The first-order valence-corrected chi connectivity index (χ1v) is 4.99. The Bertz CT molecular complexity index is 575. The van der Waals surface area contributed by atoms with Crippen molar-refractivity contribution in [2.75, 3.05) is 0 Å². The highest BCUT2D eigenvalue weighted by Gasteiger charge is 2.13. The van der Waals surface area contributed by atoms with Crippen LogP contribution in [0.25, 0.3) is 0 Å². The second kappa shape index (κ2) is 5.05. The van der Waals surface area contributed by atoms with Gasteiger partial charge in [0.05, 0.1) is 6.61 Å². The average molecular weight is 255 g/mol. The van der Waals surface area contributed by atoms with Crippen molar-refractivity contribution in [3.8, 4) is 11.6 Å². The number of rotatable bonds is 3. The van der Waals surface area contributed by atoms with Gasteiger partial charge in [-0.1, -0.05) is 12.1 Å². The summed E-state index contributed by atoms with van der Waals surface area (Å²) in [7, 11) is 0. The van der Waals surface area contributed by atoms with E-state index in [1.54, 1.807) is 12.1 Å². The number of pyridine rings is 1. The number of nitrogens with zero attached hydrogens (tertiary/aromatic N) is 1. The number of ether oxygens (including phenoxy) is 1. The van der Waals surface area contributed by atoms with E-state index in [1.165, 1.54) is 12.1 Å². The summed E-state index contributed by atoms with van der Waals surface area (Å²) in [5, 5.41) is 8.91. The minimum Gasteiger partial charge on any atom is -0.436 e. The largest absolute Gasteiger partial charge is 0.436 e. The Hall–Kier alpha value is -2.08. The number of hydrogen-bond donors (Lipinski definition) is 1. The number of hydrogen-bond acceptors (Lipinski definition) is 3. The molecule has 0 aliphatic heterocycles. The zero-order valence-electron chi connectivity index (χ0n) is 9.03. The summed E-state index contributed by atoms with van der Waals surface area (Å²) < 4.78 is 43.7. The second-order valence-electron chi connectivity index (χ2n) is 3.46. The van der Waals surface area contributed by atoms with Crippen molar-refractivity contribution in [2.45, 2.75) is 6.61 Å². The van der Waals surface area contributed by atoms with Gasteiger partial charge in [0.15, 0.2) is 11.6 Å². The maximum atomic E-state index is 13.3. The minimum absolute atomic E-state index is 0.166. The summed E-state index contributed by atoms with van der Waals surface area (Å²) in [5.41, 5.74) is 0.537. The van der Waals surface area contributed by atoms with Gasteiger partial charge in [0.1, 0.15) is 5.75 Å². The highest BCUT2D eigenvalue weighted by molar-refractivity contribution is 5.31. The Balaban J connectivity index is 2.30. The molecule has 0 saturated carbocycles. The maximum Gasteiger partial charge on any atom is 0.258 e. The quantitative estimate of drug-likeness (QED) is 0.857. The molecule has 0 unspecified atom stereocenters. The lowest BCUT2D eigenvalue weighted by atomic mass is 10.2. The fraction of sp³-hybridized carbons (Fsp3) is 0.0833. The molecule has 1 heterocycles. The summed E-state index contributed by atoms with van der Waals surface area (Å²) in [6.07, 6.45) is 0. The van der Waals surface area contributed by atoms with Gasteiger partial charge in [0.25, 0.3) is 11.8 Å². The SMILES string of the molecule is OCc1cccc(Oc2nc(F)c(F)cc2F)c1. The number of aliphatic hydroxyl groups excluding tert-OH is 1. The van der Waals surface area contributed by atoms with Gasteiger partial charge in [-0.15, -0.1) is 0 Å². The molecule has 94 valence electrons. The fourth-order valence-corrected chi connectivity index (χ4v) is 1.32. The molecule has 18 heavy (non-hydrogen) atoms. The van der Waals surface area contributed by atoms with E-state index in [0.717, 1.165) is 0 Å². The molecule has 1 aromatic heterocycles. The van der Waals surface area contributed by atoms with Crippen LogP contribution in [0.15, 0.2) is 30.3 Å². The monoisotopic (exact) mass is 255 g/mol. The lowest BCUT2D eigenvalue weighted by molar-refractivity contribution is 0.281. The van der Waals surface area contributed by atoms with Crippen LogP contribution < -0.4 is 4.74 Å². The first-order chi connectivity index (χ1) is 8.60. The highest BCUT2D eigenvalue weighted by Crippen LogP contribution is 2.24. The van der Waals surface area contributed by atoms with Crippen LogP contribution in [0, 0.1) is 17.6 Å². The van der Waals surface area contributed by atoms with Crippen molar-refractivity contribution in [3.05, 3.63) is 53.5 Å². The van der Waals surface area contributed by atoms with E-state index in [-0.39, 0.29) is 12.4 Å². The third kappa shape index (κ3) is 2.60. The molecule has 0 fully saturated rings.